The highest BCUT2D eigenvalue weighted by molar-refractivity contribution is 7.99. The van der Waals surface area contributed by atoms with Gasteiger partial charge in [0.15, 0.2) is 0 Å². The van der Waals surface area contributed by atoms with E-state index >= 15 is 0 Å². The van der Waals surface area contributed by atoms with Crippen LogP contribution in [0.4, 0.5) is 0 Å². The molecule has 2 aliphatic rings. The molecule has 0 aromatic carbocycles. The molecule has 0 radical (unpaired) electrons. The molecule has 1 aromatic rings. The van der Waals surface area contributed by atoms with E-state index in [2.05, 4.69) is 17.1 Å². The van der Waals surface area contributed by atoms with Gasteiger partial charge < -0.3 is 5.73 Å². The fourth-order valence-electron chi connectivity index (χ4n) is 2.88. The molecule has 3 rings (SSSR count). The van der Waals surface area contributed by atoms with Gasteiger partial charge in [-0.25, -0.2) is 4.98 Å². The third kappa shape index (κ3) is 2.40. The minimum atomic E-state index is -0.115. The summed E-state index contributed by atoms with van der Waals surface area (Å²) in [4.78, 5) is 4.86. The van der Waals surface area contributed by atoms with Crippen LogP contribution in [0.15, 0.2) is 5.38 Å². The van der Waals surface area contributed by atoms with E-state index in [4.69, 9.17) is 10.7 Å². The SMILES string of the molecule is NC1(c2csc(C3CCCS3)n2)CCCCC1. The highest BCUT2D eigenvalue weighted by Crippen LogP contribution is 2.43. The number of thiazole rings is 1. The van der Waals surface area contributed by atoms with E-state index in [9.17, 15) is 0 Å². The van der Waals surface area contributed by atoms with Crippen LogP contribution >= 0.6 is 23.1 Å². The molecule has 94 valence electrons. The van der Waals surface area contributed by atoms with E-state index in [0.717, 1.165) is 12.8 Å². The summed E-state index contributed by atoms with van der Waals surface area (Å²) < 4.78 is 0. The Morgan fingerprint density at radius 3 is 2.76 bits per heavy atom. The molecule has 1 saturated carbocycles. The first kappa shape index (κ1) is 12.0. The molecular weight excluding hydrogens is 248 g/mol. The standard InChI is InChI=1S/C13H20N2S2/c14-13(6-2-1-3-7-13)11-9-17-12(15-11)10-5-4-8-16-10/h9-10H,1-8,14H2. The summed E-state index contributed by atoms with van der Waals surface area (Å²) in [6.45, 7) is 0. The van der Waals surface area contributed by atoms with Gasteiger partial charge in [-0.3, -0.25) is 0 Å². The quantitative estimate of drug-likeness (QED) is 0.886. The smallest absolute Gasteiger partial charge is 0.106 e. The Labute approximate surface area is 111 Å². The van der Waals surface area contributed by atoms with Crippen molar-refractivity contribution in [2.45, 2.75) is 55.7 Å². The molecule has 1 aliphatic heterocycles. The highest BCUT2D eigenvalue weighted by Gasteiger charge is 2.32. The van der Waals surface area contributed by atoms with Crippen molar-refractivity contribution in [3.05, 3.63) is 16.1 Å². The molecule has 1 aliphatic carbocycles. The molecule has 0 amide bonds. The Bertz CT molecular complexity index is 377. The van der Waals surface area contributed by atoms with Crippen LogP contribution in [-0.2, 0) is 5.54 Å². The number of thioether (sulfide) groups is 1. The first-order chi connectivity index (χ1) is 8.28. The van der Waals surface area contributed by atoms with E-state index in [1.54, 1.807) is 0 Å². The van der Waals surface area contributed by atoms with Gasteiger partial charge in [0.1, 0.15) is 5.01 Å². The Kier molecular flexibility index (Phi) is 3.46. The second kappa shape index (κ2) is 4.90. The third-order valence-electron chi connectivity index (χ3n) is 3.98. The van der Waals surface area contributed by atoms with Crippen molar-refractivity contribution in [1.29, 1.82) is 0 Å². The predicted molar refractivity (Wildman–Crippen MR) is 75.5 cm³/mol. The zero-order chi connectivity index (χ0) is 11.7. The van der Waals surface area contributed by atoms with Gasteiger partial charge in [0.25, 0.3) is 0 Å². The third-order valence-corrected chi connectivity index (χ3v) is 6.48. The minimum Gasteiger partial charge on any atom is -0.320 e. The molecule has 0 spiro atoms. The van der Waals surface area contributed by atoms with E-state index < -0.39 is 0 Å². The Hall–Kier alpha value is -0.0600. The Balaban J connectivity index is 1.78. The van der Waals surface area contributed by atoms with Crippen molar-refractivity contribution in [2.75, 3.05) is 5.75 Å². The van der Waals surface area contributed by atoms with Crippen molar-refractivity contribution < 1.29 is 0 Å². The van der Waals surface area contributed by atoms with Gasteiger partial charge in [-0.05, 0) is 31.4 Å². The Morgan fingerprint density at radius 1 is 1.24 bits per heavy atom. The first-order valence-electron chi connectivity index (χ1n) is 6.64. The monoisotopic (exact) mass is 268 g/mol. The van der Waals surface area contributed by atoms with Gasteiger partial charge in [0, 0.05) is 5.38 Å². The maximum Gasteiger partial charge on any atom is 0.106 e. The first-order valence-corrected chi connectivity index (χ1v) is 8.57. The topological polar surface area (TPSA) is 38.9 Å². The molecule has 2 N–H and O–H groups in total. The second-order valence-corrected chi connectivity index (χ2v) is 7.49. The normalized spacial score (nSPS) is 28.4. The number of hydrogen-bond donors (Lipinski definition) is 1. The van der Waals surface area contributed by atoms with Gasteiger partial charge in [-0.2, -0.15) is 11.8 Å². The van der Waals surface area contributed by atoms with E-state index in [1.807, 2.05) is 11.3 Å². The second-order valence-electron chi connectivity index (χ2n) is 5.29. The molecule has 0 bridgehead atoms. The molecule has 1 saturated heterocycles. The van der Waals surface area contributed by atoms with Crippen LogP contribution in [-0.4, -0.2) is 10.7 Å². The van der Waals surface area contributed by atoms with Crippen molar-refractivity contribution >= 4 is 23.1 Å². The number of rotatable bonds is 2. The molecule has 17 heavy (non-hydrogen) atoms. The summed E-state index contributed by atoms with van der Waals surface area (Å²) in [5, 5.41) is 4.19. The predicted octanol–water partition coefficient (Wildman–Crippen LogP) is 3.83. The summed E-state index contributed by atoms with van der Waals surface area (Å²) in [5.74, 6) is 1.30. The van der Waals surface area contributed by atoms with E-state index in [0.29, 0.717) is 5.25 Å². The molecule has 1 atom stereocenters. The maximum atomic E-state index is 6.53. The lowest BCUT2D eigenvalue weighted by Gasteiger charge is -2.31. The molecule has 2 nitrogen and oxygen atoms in total. The fourth-order valence-corrected chi connectivity index (χ4v) is 5.33. The summed E-state index contributed by atoms with van der Waals surface area (Å²) in [5.41, 5.74) is 7.59. The average molecular weight is 268 g/mol. The lowest BCUT2D eigenvalue weighted by molar-refractivity contribution is 0.296. The summed E-state index contributed by atoms with van der Waals surface area (Å²) in [6, 6.07) is 0. The number of nitrogens with zero attached hydrogens (tertiary/aromatic N) is 1. The van der Waals surface area contributed by atoms with Crippen LogP contribution in [0.2, 0.25) is 0 Å². The van der Waals surface area contributed by atoms with Crippen LogP contribution < -0.4 is 5.73 Å². The van der Waals surface area contributed by atoms with Crippen molar-refractivity contribution in [3.63, 3.8) is 0 Å². The van der Waals surface area contributed by atoms with Gasteiger partial charge in [-0.1, -0.05) is 19.3 Å². The highest BCUT2D eigenvalue weighted by atomic mass is 32.2. The van der Waals surface area contributed by atoms with Crippen molar-refractivity contribution in [1.82, 2.24) is 4.98 Å². The molecule has 2 fully saturated rings. The van der Waals surface area contributed by atoms with Gasteiger partial charge in [0.2, 0.25) is 0 Å². The van der Waals surface area contributed by atoms with Crippen LogP contribution in [0.3, 0.4) is 0 Å². The van der Waals surface area contributed by atoms with Crippen LogP contribution in [0.1, 0.15) is 60.9 Å². The summed E-state index contributed by atoms with van der Waals surface area (Å²) in [6.07, 6.45) is 8.76. The van der Waals surface area contributed by atoms with Crippen LogP contribution in [0, 0.1) is 0 Å². The van der Waals surface area contributed by atoms with Crippen molar-refractivity contribution in [3.8, 4) is 0 Å². The molecule has 1 unspecified atom stereocenters. The molecule has 4 heteroatoms. The zero-order valence-electron chi connectivity index (χ0n) is 10.2. The Morgan fingerprint density at radius 2 is 2.06 bits per heavy atom. The largest absolute Gasteiger partial charge is 0.320 e. The van der Waals surface area contributed by atoms with Gasteiger partial charge in [-0.15, -0.1) is 11.3 Å². The zero-order valence-corrected chi connectivity index (χ0v) is 11.8. The van der Waals surface area contributed by atoms with Crippen molar-refractivity contribution in [2.24, 2.45) is 5.73 Å². The molecule has 2 heterocycles. The van der Waals surface area contributed by atoms with E-state index in [-0.39, 0.29) is 5.54 Å². The van der Waals surface area contributed by atoms with E-state index in [1.165, 1.54) is 48.6 Å². The van der Waals surface area contributed by atoms with Gasteiger partial charge in [0.05, 0.1) is 16.5 Å². The van der Waals surface area contributed by atoms with Crippen LogP contribution in [0.25, 0.3) is 0 Å². The molecular formula is C13H20N2S2. The van der Waals surface area contributed by atoms with Crippen LogP contribution in [0.5, 0.6) is 0 Å². The summed E-state index contributed by atoms with van der Waals surface area (Å²) >= 11 is 3.89. The lowest BCUT2D eigenvalue weighted by atomic mass is 9.81. The average Bonchev–Trinajstić information content (AvgIpc) is 3.01. The number of hydrogen-bond acceptors (Lipinski definition) is 4. The molecule has 1 aromatic heterocycles. The fraction of sp³-hybridized carbons (Fsp3) is 0.769. The maximum absolute atomic E-state index is 6.53. The minimum absolute atomic E-state index is 0.115. The van der Waals surface area contributed by atoms with Gasteiger partial charge >= 0.3 is 0 Å². The number of nitrogens with two attached hydrogens (primary N) is 1. The lowest BCUT2D eigenvalue weighted by Crippen LogP contribution is -2.38. The summed E-state index contributed by atoms with van der Waals surface area (Å²) in [7, 11) is 0. The number of aromatic nitrogens is 1.